The Morgan fingerprint density at radius 3 is 1.92 bits per heavy atom. The van der Waals surface area contributed by atoms with Crippen LogP contribution in [0, 0.1) is 5.92 Å². The van der Waals surface area contributed by atoms with E-state index in [0.29, 0.717) is 25.4 Å². The summed E-state index contributed by atoms with van der Waals surface area (Å²) < 4.78 is 62.6. The number of aliphatic hydroxyl groups excluding tert-OH is 2. The predicted molar refractivity (Wildman–Crippen MR) is 284 cm³/mol. The first-order valence-corrected chi connectivity index (χ1v) is 30.5. The Hall–Kier alpha value is -3.06. The SMILES string of the molecule is CCCCC/C=C\CC1OC1C/C=C\C/C=C\CCCC(=O)O[C@H](COC(=O)CCCCCCCCCCCCCCCCC(C)CC)COP(=O)(O)OP(=O)(O)OC[C@H]1O[C@@H](n2ccc(N)nc2=O)[C@H](O)[C@@H]1O. The molecule has 2 aliphatic heterocycles. The Balaban J connectivity index is 1.39. The second kappa shape index (κ2) is 37.7. The van der Waals surface area contributed by atoms with Gasteiger partial charge in [0.1, 0.15) is 30.7 Å². The minimum absolute atomic E-state index is 0.0299. The number of nitrogens with two attached hydrogens (primary N) is 1. The number of carbonyl (C=O) groups excluding carboxylic acids is 2. The van der Waals surface area contributed by atoms with Gasteiger partial charge in [0.05, 0.1) is 25.4 Å². The lowest BCUT2D eigenvalue weighted by molar-refractivity contribution is -0.161. The van der Waals surface area contributed by atoms with Gasteiger partial charge in [0.2, 0.25) is 0 Å². The number of phosphoric acid groups is 2. The zero-order chi connectivity index (χ0) is 54.0. The Labute approximate surface area is 440 Å². The van der Waals surface area contributed by atoms with E-state index < -0.39 is 83.7 Å². The van der Waals surface area contributed by atoms with E-state index in [1.54, 1.807) is 0 Å². The van der Waals surface area contributed by atoms with Crippen LogP contribution in [-0.4, -0.2) is 97.9 Å². The molecule has 19 nitrogen and oxygen atoms in total. The number of hydrogen-bond acceptors (Lipinski definition) is 16. The maximum absolute atomic E-state index is 12.9. The highest BCUT2D eigenvalue weighted by molar-refractivity contribution is 7.61. The van der Waals surface area contributed by atoms with E-state index in [0.717, 1.165) is 68.0 Å². The highest BCUT2D eigenvalue weighted by Gasteiger charge is 2.46. The third-order valence-electron chi connectivity index (χ3n) is 13.2. The number of nitrogen functional groups attached to an aromatic ring is 1. The number of allylic oxidation sites excluding steroid dienone is 4. The van der Waals surface area contributed by atoms with Crippen molar-refractivity contribution in [3.8, 4) is 0 Å². The Morgan fingerprint density at radius 2 is 1.28 bits per heavy atom. The maximum Gasteiger partial charge on any atom is 0.481 e. The van der Waals surface area contributed by atoms with Crippen LogP contribution in [0.1, 0.15) is 200 Å². The molecule has 0 amide bonds. The Bertz CT molecular complexity index is 1970. The average Bonchev–Trinajstić information content (AvgIpc) is 4.05. The second-order valence-electron chi connectivity index (χ2n) is 19.7. The van der Waals surface area contributed by atoms with E-state index in [1.807, 2.05) is 12.2 Å². The molecule has 0 aromatic carbocycles. The number of unbranched alkanes of at least 4 members (excludes halogenated alkanes) is 17. The van der Waals surface area contributed by atoms with Gasteiger partial charge in [0, 0.05) is 19.0 Å². The monoisotopic (exact) mass is 1090 g/mol. The standard InChI is InChI=1S/C53H91N3O16P2/c1-4-6-7-8-23-28-33-44-45(70-44)34-29-24-19-17-21-26-31-36-49(58)69-43(39-66-48(57)35-30-25-20-16-14-12-10-9-11-13-15-18-22-27-32-42(3)5-2)40-67-73(62,63)72-74(64,65)68-41-46-50(59)51(60)52(71-46)56-38-37-47(54)55-53(56)61/h17,21,23-24,28-29,37-38,42-46,50-52,59-60H,4-16,18-20,22,25-27,30-36,39-41H2,1-3H3,(H,62,63)(H,64,65)(H2,54,55,61)/b21-17-,28-23-,29-24-/t42?,43-,44?,45?,46-,50-,51-,52-/m1/s1. The zero-order valence-corrected chi connectivity index (χ0v) is 46.3. The quantitative estimate of drug-likeness (QED) is 0.0133. The molecular formula is C53H91N3O16P2. The molecule has 1 aromatic rings. The molecule has 21 heteroatoms. The summed E-state index contributed by atoms with van der Waals surface area (Å²) in [6.07, 6.45) is 33.9. The summed E-state index contributed by atoms with van der Waals surface area (Å²) in [6, 6.07) is 1.25. The predicted octanol–water partition coefficient (Wildman–Crippen LogP) is 10.8. The van der Waals surface area contributed by atoms with Crippen molar-refractivity contribution in [2.75, 3.05) is 25.6 Å². The van der Waals surface area contributed by atoms with Crippen LogP contribution in [-0.2, 0) is 51.0 Å². The number of anilines is 1. The van der Waals surface area contributed by atoms with Crippen LogP contribution >= 0.6 is 15.6 Å². The third kappa shape index (κ3) is 29.5. The zero-order valence-electron chi connectivity index (χ0n) is 44.5. The number of nitrogens with zero attached hydrogens (tertiary/aromatic N) is 2. The van der Waals surface area contributed by atoms with Crippen LogP contribution in [0.4, 0.5) is 5.82 Å². The summed E-state index contributed by atoms with van der Waals surface area (Å²) in [5, 5.41) is 20.9. The maximum atomic E-state index is 12.9. The molecule has 0 bridgehead atoms. The molecule has 1 aromatic heterocycles. The number of aromatic nitrogens is 2. The van der Waals surface area contributed by atoms with Crippen LogP contribution in [0.2, 0.25) is 0 Å². The number of phosphoric ester groups is 2. The smallest absolute Gasteiger partial charge is 0.462 e. The van der Waals surface area contributed by atoms with Crippen molar-refractivity contribution in [3.05, 3.63) is 59.2 Å². The van der Waals surface area contributed by atoms with Crippen molar-refractivity contribution in [2.24, 2.45) is 5.92 Å². The lowest BCUT2D eigenvalue weighted by Gasteiger charge is -2.21. The summed E-state index contributed by atoms with van der Waals surface area (Å²) >= 11 is 0. The third-order valence-corrected chi connectivity index (χ3v) is 15.8. The van der Waals surface area contributed by atoms with Gasteiger partial charge in [-0.1, -0.05) is 166 Å². The van der Waals surface area contributed by atoms with Gasteiger partial charge in [-0.15, -0.1) is 0 Å². The van der Waals surface area contributed by atoms with Gasteiger partial charge in [-0.05, 0) is 63.4 Å². The normalized spacial score (nSPS) is 22.3. The van der Waals surface area contributed by atoms with Gasteiger partial charge >= 0.3 is 33.3 Å². The fourth-order valence-corrected chi connectivity index (χ4v) is 10.5. The molecule has 2 aliphatic rings. The molecule has 0 spiro atoms. The fourth-order valence-electron chi connectivity index (χ4n) is 8.38. The van der Waals surface area contributed by atoms with E-state index >= 15 is 0 Å². The molecule has 74 heavy (non-hydrogen) atoms. The van der Waals surface area contributed by atoms with E-state index in [9.17, 15) is 43.5 Å². The topological polar surface area (TPSA) is 278 Å². The minimum Gasteiger partial charge on any atom is -0.462 e. The van der Waals surface area contributed by atoms with Crippen molar-refractivity contribution in [3.63, 3.8) is 0 Å². The van der Waals surface area contributed by atoms with Gasteiger partial charge in [-0.2, -0.15) is 9.29 Å². The Kier molecular flexibility index (Phi) is 33.2. The van der Waals surface area contributed by atoms with Crippen LogP contribution in [0.15, 0.2) is 53.5 Å². The van der Waals surface area contributed by atoms with Crippen LogP contribution in [0.5, 0.6) is 0 Å². The molecular weight excluding hydrogens is 997 g/mol. The van der Waals surface area contributed by atoms with Crippen molar-refractivity contribution in [1.29, 1.82) is 0 Å². The van der Waals surface area contributed by atoms with Crippen LogP contribution in [0.3, 0.4) is 0 Å². The number of hydrogen-bond donors (Lipinski definition) is 5. The van der Waals surface area contributed by atoms with Crippen molar-refractivity contribution >= 4 is 33.4 Å². The highest BCUT2D eigenvalue weighted by atomic mass is 31.3. The largest absolute Gasteiger partial charge is 0.481 e. The lowest BCUT2D eigenvalue weighted by atomic mass is 9.99. The molecule has 0 aliphatic carbocycles. The molecule has 3 rings (SSSR count). The van der Waals surface area contributed by atoms with Crippen LogP contribution in [0.25, 0.3) is 0 Å². The molecule has 2 fully saturated rings. The summed E-state index contributed by atoms with van der Waals surface area (Å²) in [7, 11) is -10.9. The molecule has 3 heterocycles. The number of esters is 2. The second-order valence-corrected chi connectivity index (χ2v) is 22.8. The number of rotatable bonds is 44. The molecule has 2 saturated heterocycles. The van der Waals surface area contributed by atoms with Gasteiger partial charge in [-0.25, -0.2) is 13.9 Å². The average molecular weight is 1090 g/mol. The first-order valence-electron chi connectivity index (χ1n) is 27.5. The van der Waals surface area contributed by atoms with E-state index in [4.69, 9.17) is 33.7 Å². The van der Waals surface area contributed by atoms with Gasteiger partial charge in [0.15, 0.2) is 12.3 Å². The first kappa shape index (κ1) is 65.2. The summed E-state index contributed by atoms with van der Waals surface area (Å²) in [6.45, 7) is 4.45. The molecule has 0 radical (unpaired) electrons. The van der Waals surface area contributed by atoms with Gasteiger partial charge in [-0.3, -0.25) is 23.2 Å². The number of ether oxygens (including phenoxy) is 4. The van der Waals surface area contributed by atoms with Crippen molar-refractivity contribution in [1.82, 2.24) is 9.55 Å². The Morgan fingerprint density at radius 1 is 0.716 bits per heavy atom. The van der Waals surface area contributed by atoms with Crippen LogP contribution < -0.4 is 11.4 Å². The molecule has 6 N–H and O–H groups in total. The fraction of sp³-hybridized carbons (Fsp3) is 0.774. The molecule has 424 valence electrons. The number of epoxide rings is 1. The van der Waals surface area contributed by atoms with Gasteiger partial charge in [0.25, 0.3) is 0 Å². The number of aliphatic hydroxyl groups is 2. The minimum atomic E-state index is -5.44. The van der Waals surface area contributed by atoms with E-state index in [-0.39, 0.29) is 24.8 Å². The van der Waals surface area contributed by atoms with E-state index in [2.05, 4.69) is 54.4 Å². The highest BCUT2D eigenvalue weighted by Crippen LogP contribution is 2.60. The molecule has 0 saturated carbocycles. The summed E-state index contributed by atoms with van der Waals surface area (Å²) in [4.78, 5) is 62.1. The number of carbonyl (C=O) groups is 2. The van der Waals surface area contributed by atoms with Crippen molar-refractivity contribution in [2.45, 2.75) is 237 Å². The van der Waals surface area contributed by atoms with Gasteiger partial charge < -0.3 is 44.7 Å². The van der Waals surface area contributed by atoms with Crippen molar-refractivity contribution < 1.29 is 71.0 Å². The molecule has 5 unspecified atom stereocenters. The lowest BCUT2D eigenvalue weighted by Crippen LogP contribution is -2.36. The first-order chi connectivity index (χ1) is 35.5. The van der Waals surface area contributed by atoms with E-state index in [1.165, 1.54) is 96.0 Å². The summed E-state index contributed by atoms with van der Waals surface area (Å²) in [5.41, 5.74) is 4.59. The molecule has 10 atom stereocenters. The summed E-state index contributed by atoms with van der Waals surface area (Å²) in [5.74, 6) is -0.518.